The summed E-state index contributed by atoms with van der Waals surface area (Å²) >= 11 is 1.11. The van der Waals surface area contributed by atoms with E-state index in [0.717, 1.165) is 15.6 Å². The lowest BCUT2D eigenvalue weighted by Crippen LogP contribution is -2.44. The Balaban J connectivity index is 2.62. The topological polar surface area (TPSA) is 86.7 Å². The van der Waals surface area contributed by atoms with E-state index in [1.165, 1.54) is 13.1 Å². The van der Waals surface area contributed by atoms with Crippen LogP contribution in [0.4, 0.5) is 0 Å². The van der Waals surface area contributed by atoms with Gasteiger partial charge in [-0.1, -0.05) is 19.9 Å². The third-order valence-electron chi connectivity index (χ3n) is 2.87. The van der Waals surface area contributed by atoms with Gasteiger partial charge in [0.05, 0.1) is 19.2 Å². The number of thiophene rings is 1. The first-order valence-corrected chi connectivity index (χ1v) is 8.99. The summed E-state index contributed by atoms with van der Waals surface area (Å²) in [5.41, 5.74) is 0. The molecule has 0 aromatic carbocycles. The Hall–Kier alpha value is -0.960. The van der Waals surface area contributed by atoms with Gasteiger partial charge in [0, 0.05) is 7.05 Å². The van der Waals surface area contributed by atoms with Gasteiger partial charge in [0.2, 0.25) is 5.91 Å². The summed E-state index contributed by atoms with van der Waals surface area (Å²) in [6.07, 6.45) is 0.642. The number of aliphatic hydroxyl groups is 1. The van der Waals surface area contributed by atoms with Crippen LogP contribution in [0.25, 0.3) is 0 Å². The Morgan fingerprint density at radius 3 is 2.62 bits per heavy atom. The quantitative estimate of drug-likeness (QED) is 0.739. The first-order chi connectivity index (χ1) is 9.77. The van der Waals surface area contributed by atoms with E-state index in [2.05, 4.69) is 5.32 Å². The molecule has 0 aliphatic carbocycles. The Bertz CT molecular complexity index is 541. The lowest BCUT2D eigenvalue weighted by molar-refractivity contribution is -0.122. The summed E-state index contributed by atoms with van der Waals surface area (Å²) in [4.78, 5) is 11.9. The van der Waals surface area contributed by atoms with Crippen LogP contribution in [0.1, 0.15) is 20.3 Å². The number of rotatable bonds is 8. The second-order valence-electron chi connectivity index (χ2n) is 5.27. The predicted octanol–water partition coefficient (Wildman–Crippen LogP) is 0.892. The van der Waals surface area contributed by atoms with Gasteiger partial charge in [-0.3, -0.25) is 4.79 Å². The summed E-state index contributed by atoms with van der Waals surface area (Å²) < 4.78 is 25.6. The zero-order valence-corrected chi connectivity index (χ0v) is 14.1. The van der Waals surface area contributed by atoms with E-state index in [9.17, 15) is 18.3 Å². The highest BCUT2D eigenvalue weighted by atomic mass is 32.2. The fraction of sp³-hybridized carbons (Fsp3) is 0.615. The molecular formula is C13H22N2O4S2. The largest absolute Gasteiger partial charge is 0.394 e. The minimum atomic E-state index is -3.63. The van der Waals surface area contributed by atoms with Crippen LogP contribution in [0.2, 0.25) is 0 Å². The van der Waals surface area contributed by atoms with Crippen molar-refractivity contribution in [3.8, 4) is 0 Å². The highest BCUT2D eigenvalue weighted by Crippen LogP contribution is 2.19. The molecule has 21 heavy (non-hydrogen) atoms. The molecule has 0 saturated carbocycles. The van der Waals surface area contributed by atoms with Crippen molar-refractivity contribution in [1.29, 1.82) is 0 Å². The number of hydrogen-bond acceptors (Lipinski definition) is 5. The van der Waals surface area contributed by atoms with Crippen molar-refractivity contribution >= 4 is 27.3 Å². The van der Waals surface area contributed by atoms with E-state index < -0.39 is 15.9 Å². The van der Waals surface area contributed by atoms with Crippen molar-refractivity contribution in [1.82, 2.24) is 9.62 Å². The second kappa shape index (κ2) is 7.88. The summed E-state index contributed by atoms with van der Waals surface area (Å²) in [6.45, 7) is 3.55. The Labute approximate surface area is 129 Å². The molecule has 120 valence electrons. The number of amides is 1. The molecular weight excluding hydrogens is 312 g/mol. The highest BCUT2D eigenvalue weighted by molar-refractivity contribution is 7.91. The third kappa shape index (κ3) is 5.39. The zero-order chi connectivity index (χ0) is 16.0. The zero-order valence-electron chi connectivity index (χ0n) is 12.4. The number of sulfonamides is 1. The number of hydrogen-bond donors (Lipinski definition) is 2. The standard InChI is InChI=1S/C13H22N2O4S2/c1-10(2)7-11(9-16)14-12(17)8-15(3)21(18,19)13-5-4-6-20-13/h4-6,10-11,16H,7-9H2,1-3H3,(H,14,17). The van der Waals surface area contributed by atoms with Crippen LogP contribution in [-0.2, 0) is 14.8 Å². The number of nitrogens with zero attached hydrogens (tertiary/aromatic N) is 1. The fourth-order valence-corrected chi connectivity index (χ4v) is 4.20. The normalized spacial score (nSPS) is 13.6. The maximum absolute atomic E-state index is 12.2. The first kappa shape index (κ1) is 18.1. The van der Waals surface area contributed by atoms with Gasteiger partial charge in [0.1, 0.15) is 4.21 Å². The van der Waals surface area contributed by atoms with Crippen molar-refractivity contribution in [2.75, 3.05) is 20.2 Å². The highest BCUT2D eigenvalue weighted by Gasteiger charge is 2.24. The van der Waals surface area contributed by atoms with Gasteiger partial charge in [0.15, 0.2) is 0 Å². The van der Waals surface area contributed by atoms with E-state index in [1.807, 2.05) is 13.8 Å². The smallest absolute Gasteiger partial charge is 0.252 e. The van der Waals surface area contributed by atoms with Gasteiger partial charge in [-0.05, 0) is 23.8 Å². The number of nitrogens with one attached hydrogen (secondary N) is 1. The molecule has 1 atom stereocenters. The molecule has 0 aliphatic heterocycles. The minimum absolute atomic E-state index is 0.161. The minimum Gasteiger partial charge on any atom is -0.394 e. The molecule has 0 bridgehead atoms. The predicted molar refractivity (Wildman–Crippen MR) is 82.6 cm³/mol. The summed E-state index contributed by atoms with van der Waals surface area (Å²) in [7, 11) is -2.26. The van der Waals surface area contributed by atoms with Crippen LogP contribution in [-0.4, -0.2) is 50.0 Å². The lowest BCUT2D eigenvalue weighted by atomic mass is 10.0. The maximum Gasteiger partial charge on any atom is 0.252 e. The molecule has 1 rings (SSSR count). The Morgan fingerprint density at radius 2 is 2.14 bits per heavy atom. The van der Waals surface area contributed by atoms with Crippen LogP contribution in [0, 0.1) is 5.92 Å². The molecule has 1 amide bonds. The fourth-order valence-electron chi connectivity index (χ4n) is 1.87. The van der Waals surface area contributed by atoms with Crippen molar-refractivity contribution in [3.05, 3.63) is 17.5 Å². The molecule has 1 aromatic rings. The van der Waals surface area contributed by atoms with Crippen molar-refractivity contribution in [3.63, 3.8) is 0 Å². The van der Waals surface area contributed by atoms with Crippen LogP contribution in [0.5, 0.6) is 0 Å². The first-order valence-electron chi connectivity index (χ1n) is 6.67. The monoisotopic (exact) mass is 334 g/mol. The molecule has 0 saturated heterocycles. The van der Waals surface area contributed by atoms with Crippen LogP contribution >= 0.6 is 11.3 Å². The maximum atomic E-state index is 12.2. The lowest BCUT2D eigenvalue weighted by Gasteiger charge is -2.20. The van der Waals surface area contributed by atoms with Crippen LogP contribution in [0.15, 0.2) is 21.7 Å². The van der Waals surface area contributed by atoms with Gasteiger partial charge in [-0.2, -0.15) is 4.31 Å². The number of carbonyl (C=O) groups is 1. The molecule has 1 aromatic heterocycles. The van der Waals surface area contributed by atoms with Gasteiger partial charge >= 0.3 is 0 Å². The van der Waals surface area contributed by atoms with Gasteiger partial charge in [-0.25, -0.2) is 8.42 Å². The van der Waals surface area contributed by atoms with Crippen LogP contribution < -0.4 is 5.32 Å². The van der Waals surface area contributed by atoms with E-state index in [4.69, 9.17) is 0 Å². The summed E-state index contributed by atoms with van der Waals surface area (Å²) in [5, 5.41) is 13.5. The van der Waals surface area contributed by atoms with E-state index in [-0.39, 0.29) is 23.4 Å². The van der Waals surface area contributed by atoms with Crippen molar-refractivity contribution < 1.29 is 18.3 Å². The Morgan fingerprint density at radius 1 is 1.48 bits per heavy atom. The Kier molecular flexibility index (Phi) is 6.79. The molecule has 6 nitrogen and oxygen atoms in total. The molecule has 1 unspecified atom stereocenters. The number of likely N-dealkylation sites (N-methyl/N-ethyl adjacent to an activating group) is 1. The number of aliphatic hydroxyl groups excluding tert-OH is 1. The van der Waals surface area contributed by atoms with E-state index in [0.29, 0.717) is 12.3 Å². The average molecular weight is 334 g/mol. The summed E-state index contributed by atoms with van der Waals surface area (Å²) in [5.74, 6) is -0.0904. The summed E-state index contributed by atoms with van der Waals surface area (Å²) in [6, 6.07) is 2.80. The van der Waals surface area contributed by atoms with Gasteiger partial charge in [0.25, 0.3) is 10.0 Å². The molecule has 1 heterocycles. The molecule has 2 N–H and O–H groups in total. The third-order valence-corrected chi connectivity index (χ3v) is 6.04. The molecule has 0 fully saturated rings. The molecule has 0 radical (unpaired) electrons. The van der Waals surface area contributed by atoms with Crippen molar-refractivity contribution in [2.45, 2.75) is 30.5 Å². The molecule has 0 spiro atoms. The van der Waals surface area contributed by atoms with Crippen molar-refractivity contribution in [2.24, 2.45) is 5.92 Å². The SMILES string of the molecule is CC(C)CC(CO)NC(=O)CN(C)S(=O)(=O)c1cccs1. The number of carbonyl (C=O) groups excluding carboxylic acids is 1. The van der Waals surface area contributed by atoms with Gasteiger partial charge in [-0.15, -0.1) is 11.3 Å². The van der Waals surface area contributed by atoms with E-state index >= 15 is 0 Å². The van der Waals surface area contributed by atoms with E-state index in [1.54, 1.807) is 11.4 Å². The molecule has 8 heteroatoms. The average Bonchev–Trinajstić information content (AvgIpc) is 2.91. The van der Waals surface area contributed by atoms with Crippen LogP contribution in [0.3, 0.4) is 0 Å². The molecule has 0 aliphatic rings. The van der Waals surface area contributed by atoms with Gasteiger partial charge < -0.3 is 10.4 Å². The second-order valence-corrected chi connectivity index (χ2v) is 8.49.